The number of aliphatic imine (C=N–C) groups is 1. The normalized spacial score (nSPS) is 16.5. The Morgan fingerprint density at radius 2 is 1.85 bits per heavy atom. The van der Waals surface area contributed by atoms with Gasteiger partial charge < -0.3 is 15.0 Å². The third kappa shape index (κ3) is 8.73. The molecule has 1 heterocycles. The Bertz CT molecular complexity index is 671. The molecule has 1 aromatic carbocycles. The van der Waals surface area contributed by atoms with Crippen molar-refractivity contribution < 1.29 is 13.2 Å². The minimum Gasteiger partial charge on any atom is -0.378 e. The predicted molar refractivity (Wildman–Crippen MR) is 110 cm³/mol. The summed E-state index contributed by atoms with van der Waals surface area (Å²) in [5, 5.41) is 3.34. The van der Waals surface area contributed by atoms with Gasteiger partial charge in [-0.25, -0.2) is 8.42 Å². The first-order chi connectivity index (χ1) is 13.0. The number of nitrogens with zero attached hydrogens (tertiary/aromatic N) is 3. The molecule has 1 saturated heterocycles. The van der Waals surface area contributed by atoms with E-state index in [-0.39, 0.29) is 12.4 Å². The van der Waals surface area contributed by atoms with Gasteiger partial charge in [-0.3, -0.25) is 9.89 Å². The molecule has 27 heavy (non-hydrogen) atoms. The van der Waals surface area contributed by atoms with Crippen molar-refractivity contribution in [1.29, 1.82) is 0 Å². The number of ether oxygens (including phenoxy) is 1. The van der Waals surface area contributed by atoms with Crippen LogP contribution < -0.4 is 5.32 Å². The third-order valence-electron chi connectivity index (χ3n) is 4.35. The molecule has 0 radical (unpaired) electrons. The molecular formula is C19H32N4O3S. The van der Waals surface area contributed by atoms with Crippen LogP contribution >= 0.6 is 0 Å². The molecule has 2 rings (SSSR count). The molecule has 0 atom stereocenters. The summed E-state index contributed by atoms with van der Waals surface area (Å²) in [5.41, 5.74) is 1.35. The summed E-state index contributed by atoms with van der Waals surface area (Å²) in [5.74, 6) is 0.962. The summed E-state index contributed by atoms with van der Waals surface area (Å²) in [6.45, 7) is 8.92. The number of nitrogens with one attached hydrogen (secondary N) is 1. The molecule has 0 unspecified atom stereocenters. The van der Waals surface area contributed by atoms with Crippen LogP contribution in [-0.4, -0.2) is 88.7 Å². The molecule has 7 nitrogen and oxygen atoms in total. The van der Waals surface area contributed by atoms with Gasteiger partial charge in [0.25, 0.3) is 0 Å². The maximum absolute atomic E-state index is 11.1. The summed E-state index contributed by atoms with van der Waals surface area (Å²) in [4.78, 5) is 9.36. The van der Waals surface area contributed by atoms with Crippen molar-refractivity contribution in [3.63, 3.8) is 0 Å². The zero-order valence-corrected chi connectivity index (χ0v) is 17.2. The van der Waals surface area contributed by atoms with E-state index in [4.69, 9.17) is 4.74 Å². The minimum atomic E-state index is -2.97. The van der Waals surface area contributed by atoms with Crippen molar-refractivity contribution in [2.24, 2.45) is 4.99 Å². The van der Waals surface area contributed by atoms with Gasteiger partial charge in [0, 0.05) is 45.5 Å². The van der Waals surface area contributed by atoms with Crippen LogP contribution in [0.1, 0.15) is 12.5 Å². The van der Waals surface area contributed by atoms with Gasteiger partial charge in [-0.2, -0.15) is 0 Å². The van der Waals surface area contributed by atoms with Crippen LogP contribution in [0.2, 0.25) is 0 Å². The first kappa shape index (κ1) is 21.7. The maximum Gasteiger partial charge on any atom is 0.194 e. The molecule has 1 aromatic rings. The van der Waals surface area contributed by atoms with Crippen molar-refractivity contribution in [2.75, 3.05) is 64.5 Å². The van der Waals surface area contributed by atoms with E-state index in [2.05, 4.69) is 51.3 Å². The Hall–Kier alpha value is -1.64. The van der Waals surface area contributed by atoms with Crippen LogP contribution in [0.15, 0.2) is 35.3 Å². The largest absolute Gasteiger partial charge is 0.378 e. The number of piperazine rings is 1. The first-order valence-corrected chi connectivity index (χ1v) is 11.6. The van der Waals surface area contributed by atoms with Gasteiger partial charge in [0.1, 0.15) is 9.84 Å². The standard InChI is InChI=1S/C19H32N4O3S/c1-3-20-19(21-9-14-26-15-16-27(2,24)25)23-12-10-22(11-13-23)17-18-7-5-4-6-8-18/h4-8H,3,9-17H2,1-2H3,(H,20,21). The highest BCUT2D eigenvalue weighted by Crippen LogP contribution is 2.08. The lowest BCUT2D eigenvalue weighted by Gasteiger charge is -2.36. The van der Waals surface area contributed by atoms with Gasteiger partial charge in [0.15, 0.2) is 5.96 Å². The maximum atomic E-state index is 11.1. The van der Waals surface area contributed by atoms with E-state index in [9.17, 15) is 8.42 Å². The predicted octanol–water partition coefficient (Wildman–Crippen LogP) is 0.831. The summed E-state index contributed by atoms with van der Waals surface area (Å²) in [7, 11) is -2.97. The van der Waals surface area contributed by atoms with Gasteiger partial charge in [0.05, 0.1) is 25.5 Å². The minimum absolute atomic E-state index is 0.0557. The van der Waals surface area contributed by atoms with Crippen molar-refractivity contribution in [1.82, 2.24) is 15.1 Å². The van der Waals surface area contributed by atoms with Crippen LogP contribution in [0.5, 0.6) is 0 Å². The van der Waals surface area contributed by atoms with E-state index in [1.807, 2.05) is 6.07 Å². The van der Waals surface area contributed by atoms with Crippen molar-refractivity contribution >= 4 is 15.8 Å². The Balaban J connectivity index is 1.74. The molecular weight excluding hydrogens is 364 g/mol. The van der Waals surface area contributed by atoms with Gasteiger partial charge >= 0.3 is 0 Å². The molecule has 1 aliphatic heterocycles. The number of benzene rings is 1. The molecule has 0 spiro atoms. The molecule has 8 heteroatoms. The summed E-state index contributed by atoms with van der Waals surface area (Å²) in [6, 6.07) is 10.5. The van der Waals surface area contributed by atoms with Crippen LogP contribution in [0.25, 0.3) is 0 Å². The number of hydrogen-bond donors (Lipinski definition) is 1. The average Bonchev–Trinajstić information content (AvgIpc) is 2.64. The Labute approximate surface area is 163 Å². The topological polar surface area (TPSA) is 74.2 Å². The van der Waals surface area contributed by atoms with Crippen molar-refractivity contribution in [3.05, 3.63) is 35.9 Å². The molecule has 0 aromatic heterocycles. The fourth-order valence-corrected chi connectivity index (χ4v) is 3.33. The van der Waals surface area contributed by atoms with E-state index in [0.717, 1.165) is 45.2 Å². The quantitative estimate of drug-likeness (QED) is 0.379. The second-order valence-electron chi connectivity index (χ2n) is 6.73. The fourth-order valence-electron chi connectivity index (χ4n) is 2.91. The smallest absolute Gasteiger partial charge is 0.194 e. The number of hydrogen-bond acceptors (Lipinski definition) is 5. The molecule has 152 valence electrons. The van der Waals surface area contributed by atoms with Gasteiger partial charge in [0.2, 0.25) is 0 Å². The van der Waals surface area contributed by atoms with E-state index in [0.29, 0.717) is 13.2 Å². The first-order valence-electron chi connectivity index (χ1n) is 9.53. The third-order valence-corrected chi connectivity index (χ3v) is 5.26. The van der Waals surface area contributed by atoms with Crippen LogP contribution in [-0.2, 0) is 21.1 Å². The SMILES string of the molecule is CCNC(=NCCOCCS(C)(=O)=O)N1CCN(Cc2ccccc2)CC1. The van der Waals surface area contributed by atoms with Crippen LogP contribution in [0, 0.1) is 0 Å². The number of sulfone groups is 1. The van der Waals surface area contributed by atoms with Crippen molar-refractivity contribution in [3.8, 4) is 0 Å². The van der Waals surface area contributed by atoms with Gasteiger partial charge in [-0.15, -0.1) is 0 Å². The lowest BCUT2D eigenvalue weighted by atomic mass is 10.2. The highest BCUT2D eigenvalue weighted by molar-refractivity contribution is 7.90. The number of rotatable bonds is 9. The monoisotopic (exact) mass is 396 g/mol. The van der Waals surface area contributed by atoms with E-state index in [1.165, 1.54) is 11.8 Å². The molecule has 0 aliphatic carbocycles. The molecule has 0 saturated carbocycles. The summed E-state index contributed by atoms with van der Waals surface area (Å²) in [6.07, 6.45) is 1.22. The van der Waals surface area contributed by atoms with Gasteiger partial charge in [-0.1, -0.05) is 30.3 Å². The molecule has 0 amide bonds. The lowest BCUT2D eigenvalue weighted by molar-refractivity contribution is 0.155. The molecule has 0 bridgehead atoms. The van der Waals surface area contributed by atoms with Crippen LogP contribution in [0.4, 0.5) is 0 Å². The zero-order chi connectivity index (χ0) is 19.5. The molecule has 1 aliphatic rings. The average molecular weight is 397 g/mol. The molecule has 1 fully saturated rings. The Morgan fingerprint density at radius 1 is 1.15 bits per heavy atom. The highest BCUT2D eigenvalue weighted by Gasteiger charge is 2.19. The number of guanidine groups is 1. The second kappa shape index (κ2) is 11.3. The highest BCUT2D eigenvalue weighted by atomic mass is 32.2. The lowest BCUT2D eigenvalue weighted by Crippen LogP contribution is -2.52. The summed E-state index contributed by atoms with van der Waals surface area (Å²) < 4.78 is 27.5. The molecule has 1 N–H and O–H groups in total. The van der Waals surface area contributed by atoms with E-state index < -0.39 is 9.84 Å². The Morgan fingerprint density at radius 3 is 2.48 bits per heavy atom. The van der Waals surface area contributed by atoms with Gasteiger partial charge in [-0.05, 0) is 12.5 Å². The van der Waals surface area contributed by atoms with Crippen molar-refractivity contribution in [2.45, 2.75) is 13.5 Å². The van der Waals surface area contributed by atoms with Crippen LogP contribution in [0.3, 0.4) is 0 Å². The van der Waals surface area contributed by atoms with E-state index in [1.54, 1.807) is 0 Å². The fraction of sp³-hybridized carbons (Fsp3) is 0.632. The van der Waals surface area contributed by atoms with E-state index >= 15 is 0 Å². The second-order valence-corrected chi connectivity index (χ2v) is 8.99. The Kier molecular flexibility index (Phi) is 9.03. The zero-order valence-electron chi connectivity index (χ0n) is 16.4. The summed E-state index contributed by atoms with van der Waals surface area (Å²) >= 11 is 0.